The minimum Gasteiger partial charge on any atom is -0.481 e. The van der Waals surface area contributed by atoms with Crippen LogP contribution in [0.3, 0.4) is 0 Å². The van der Waals surface area contributed by atoms with Crippen molar-refractivity contribution in [1.82, 2.24) is 0 Å². The molecule has 2 rings (SSSR count). The molecule has 6 heteroatoms. The molecule has 0 bridgehead atoms. The molecular weight excluding hydrogens is 238 g/mol. The molecule has 1 fully saturated rings. The fourth-order valence-electron chi connectivity index (χ4n) is 1.54. The Morgan fingerprint density at radius 3 is 2.61 bits per heavy atom. The van der Waals surface area contributed by atoms with Gasteiger partial charge in [0.1, 0.15) is 5.60 Å². The molecule has 1 aromatic carbocycles. The zero-order chi connectivity index (χ0) is 13.3. The second-order valence-corrected chi connectivity index (χ2v) is 4.48. The number of ether oxygens (including phenoxy) is 2. The Morgan fingerprint density at radius 1 is 1.44 bits per heavy atom. The number of esters is 1. The Kier molecular flexibility index (Phi) is 2.94. The lowest BCUT2D eigenvalue weighted by molar-refractivity contribution is -0.386. The van der Waals surface area contributed by atoms with Crippen LogP contribution in [0.15, 0.2) is 18.2 Å². The van der Waals surface area contributed by atoms with Crippen LogP contribution in [0, 0.1) is 10.1 Å². The first-order chi connectivity index (χ1) is 8.45. The van der Waals surface area contributed by atoms with Gasteiger partial charge in [0.2, 0.25) is 0 Å². The van der Waals surface area contributed by atoms with Gasteiger partial charge in [0.25, 0.3) is 0 Å². The SMILES string of the molecule is COC(=O)c1ccc([N+](=O)[O-])c(OC2(C)CC2)c1. The standard InChI is InChI=1S/C12H13NO5/c1-12(5-6-12)18-10-7-8(11(14)17-2)3-4-9(10)13(15)16/h3-4,7H,5-6H2,1-2H3. The van der Waals surface area contributed by atoms with E-state index in [-0.39, 0.29) is 22.6 Å². The minimum atomic E-state index is -0.546. The highest BCUT2D eigenvalue weighted by Crippen LogP contribution is 2.42. The van der Waals surface area contributed by atoms with Crippen LogP contribution in [0.4, 0.5) is 5.69 Å². The summed E-state index contributed by atoms with van der Waals surface area (Å²) in [5.41, 5.74) is -0.252. The van der Waals surface area contributed by atoms with E-state index < -0.39 is 10.9 Å². The quantitative estimate of drug-likeness (QED) is 0.466. The van der Waals surface area contributed by atoms with Gasteiger partial charge >= 0.3 is 11.7 Å². The Labute approximate surface area is 104 Å². The predicted octanol–water partition coefficient (Wildman–Crippen LogP) is 2.31. The van der Waals surface area contributed by atoms with Crippen molar-refractivity contribution in [1.29, 1.82) is 0 Å². The highest BCUT2D eigenvalue weighted by Gasteiger charge is 2.41. The summed E-state index contributed by atoms with van der Waals surface area (Å²) in [6.45, 7) is 1.88. The third-order valence-corrected chi connectivity index (χ3v) is 2.89. The van der Waals surface area contributed by atoms with Gasteiger partial charge in [0, 0.05) is 12.1 Å². The fourth-order valence-corrected chi connectivity index (χ4v) is 1.54. The fraction of sp³-hybridized carbons (Fsp3) is 0.417. The summed E-state index contributed by atoms with van der Waals surface area (Å²) < 4.78 is 10.2. The molecule has 0 heterocycles. The van der Waals surface area contributed by atoms with Gasteiger partial charge in [-0.25, -0.2) is 4.79 Å². The molecule has 0 radical (unpaired) electrons. The van der Waals surface area contributed by atoms with Gasteiger partial charge in [-0.3, -0.25) is 10.1 Å². The van der Waals surface area contributed by atoms with Gasteiger partial charge < -0.3 is 9.47 Å². The van der Waals surface area contributed by atoms with Gasteiger partial charge in [0.15, 0.2) is 5.75 Å². The van der Waals surface area contributed by atoms with Crippen LogP contribution in [0.2, 0.25) is 0 Å². The molecule has 1 aliphatic rings. The second kappa shape index (κ2) is 4.29. The third-order valence-electron chi connectivity index (χ3n) is 2.89. The average molecular weight is 251 g/mol. The van der Waals surface area contributed by atoms with Crippen molar-refractivity contribution in [3.63, 3.8) is 0 Å². The molecule has 0 spiro atoms. The lowest BCUT2D eigenvalue weighted by Gasteiger charge is -2.13. The maximum atomic E-state index is 11.4. The second-order valence-electron chi connectivity index (χ2n) is 4.48. The summed E-state index contributed by atoms with van der Waals surface area (Å²) >= 11 is 0. The van der Waals surface area contributed by atoms with Crippen molar-refractivity contribution in [3.8, 4) is 5.75 Å². The Balaban J connectivity index is 2.37. The molecule has 1 aliphatic carbocycles. The Morgan fingerprint density at radius 2 is 2.11 bits per heavy atom. The highest BCUT2D eigenvalue weighted by atomic mass is 16.6. The van der Waals surface area contributed by atoms with E-state index in [1.807, 2.05) is 6.92 Å². The van der Waals surface area contributed by atoms with Crippen LogP contribution in [0.25, 0.3) is 0 Å². The molecule has 0 aliphatic heterocycles. The topological polar surface area (TPSA) is 78.7 Å². The van der Waals surface area contributed by atoms with Crippen LogP contribution in [-0.2, 0) is 4.74 Å². The highest BCUT2D eigenvalue weighted by molar-refractivity contribution is 5.90. The smallest absolute Gasteiger partial charge is 0.337 e. The van der Waals surface area contributed by atoms with Gasteiger partial charge in [-0.1, -0.05) is 0 Å². The van der Waals surface area contributed by atoms with Gasteiger partial charge in [0.05, 0.1) is 17.6 Å². The van der Waals surface area contributed by atoms with E-state index in [2.05, 4.69) is 4.74 Å². The summed E-state index contributed by atoms with van der Waals surface area (Å²) in [5, 5.41) is 10.9. The molecule has 18 heavy (non-hydrogen) atoms. The molecule has 6 nitrogen and oxygen atoms in total. The molecule has 1 aromatic rings. The van der Waals surface area contributed by atoms with E-state index in [1.54, 1.807) is 0 Å². The van der Waals surface area contributed by atoms with E-state index in [9.17, 15) is 14.9 Å². The Bertz CT molecular complexity index is 507. The third kappa shape index (κ3) is 2.42. The number of carbonyl (C=O) groups is 1. The van der Waals surface area contributed by atoms with Crippen molar-refractivity contribution < 1.29 is 19.2 Å². The molecule has 96 valence electrons. The van der Waals surface area contributed by atoms with E-state index >= 15 is 0 Å². The molecule has 0 N–H and O–H groups in total. The molecule has 0 amide bonds. The van der Waals surface area contributed by atoms with Crippen molar-refractivity contribution in [2.24, 2.45) is 0 Å². The van der Waals surface area contributed by atoms with Gasteiger partial charge in [-0.2, -0.15) is 0 Å². The molecular formula is C12H13NO5. The largest absolute Gasteiger partial charge is 0.481 e. The van der Waals surface area contributed by atoms with Gasteiger partial charge in [-0.05, 0) is 25.8 Å². The van der Waals surface area contributed by atoms with Crippen LogP contribution < -0.4 is 4.74 Å². The first-order valence-electron chi connectivity index (χ1n) is 5.51. The van der Waals surface area contributed by atoms with E-state index in [0.717, 1.165) is 12.8 Å². The molecule has 1 saturated carbocycles. The summed E-state index contributed by atoms with van der Waals surface area (Å²) in [5.74, 6) is -0.432. The number of benzene rings is 1. The molecule has 0 atom stereocenters. The van der Waals surface area contributed by atoms with E-state index in [1.165, 1.54) is 25.3 Å². The van der Waals surface area contributed by atoms with Crippen molar-refractivity contribution in [3.05, 3.63) is 33.9 Å². The normalized spacial score (nSPS) is 15.9. The summed E-state index contributed by atoms with van der Waals surface area (Å²) in [6.07, 6.45) is 1.71. The molecule has 0 saturated heterocycles. The van der Waals surface area contributed by atoms with Crippen molar-refractivity contribution >= 4 is 11.7 Å². The van der Waals surface area contributed by atoms with Crippen molar-refractivity contribution in [2.75, 3.05) is 7.11 Å². The van der Waals surface area contributed by atoms with Crippen LogP contribution in [-0.4, -0.2) is 23.6 Å². The number of carbonyl (C=O) groups excluding carboxylic acids is 1. The van der Waals surface area contributed by atoms with Gasteiger partial charge in [-0.15, -0.1) is 0 Å². The summed E-state index contributed by atoms with van der Waals surface area (Å²) in [6, 6.07) is 3.97. The first kappa shape index (κ1) is 12.3. The number of nitro benzene ring substituents is 1. The monoisotopic (exact) mass is 251 g/mol. The summed E-state index contributed by atoms with van der Waals surface area (Å²) in [7, 11) is 1.26. The van der Waals surface area contributed by atoms with E-state index in [4.69, 9.17) is 4.74 Å². The van der Waals surface area contributed by atoms with Crippen molar-refractivity contribution in [2.45, 2.75) is 25.4 Å². The molecule has 0 unspecified atom stereocenters. The average Bonchev–Trinajstić information content (AvgIpc) is 3.05. The Hall–Kier alpha value is -2.11. The summed E-state index contributed by atoms with van der Waals surface area (Å²) in [4.78, 5) is 21.7. The lowest BCUT2D eigenvalue weighted by atomic mass is 10.2. The number of methoxy groups -OCH3 is 1. The van der Waals surface area contributed by atoms with Crippen LogP contribution in [0.1, 0.15) is 30.1 Å². The van der Waals surface area contributed by atoms with Crippen LogP contribution >= 0.6 is 0 Å². The zero-order valence-corrected chi connectivity index (χ0v) is 10.1. The first-order valence-corrected chi connectivity index (χ1v) is 5.51. The maximum absolute atomic E-state index is 11.4. The number of hydrogen-bond acceptors (Lipinski definition) is 5. The van der Waals surface area contributed by atoms with Crippen LogP contribution in [0.5, 0.6) is 5.75 Å². The lowest BCUT2D eigenvalue weighted by Crippen LogP contribution is -2.14. The molecule has 0 aromatic heterocycles. The number of rotatable bonds is 4. The number of hydrogen-bond donors (Lipinski definition) is 0. The minimum absolute atomic E-state index is 0.114. The number of nitrogens with zero attached hydrogens (tertiary/aromatic N) is 1. The zero-order valence-electron chi connectivity index (χ0n) is 10.1. The maximum Gasteiger partial charge on any atom is 0.337 e. The predicted molar refractivity (Wildman–Crippen MR) is 62.7 cm³/mol. The van der Waals surface area contributed by atoms with E-state index in [0.29, 0.717) is 0 Å². The number of nitro groups is 1.